The number of fused-ring (bicyclic) bond motifs is 1. The maximum absolute atomic E-state index is 14.1. The van der Waals surface area contributed by atoms with Crippen molar-refractivity contribution in [3.05, 3.63) is 59.2 Å². The summed E-state index contributed by atoms with van der Waals surface area (Å²) < 4.78 is 22.3. The van der Waals surface area contributed by atoms with Gasteiger partial charge in [-0.1, -0.05) is 24.3 Å². The molecular formula is C38H55N3O7. The summed E-state index contributed by atoms with van der Waals surface area (Å²) in [5.74, 6) is 0.894. The third-order valence-electron chi connectivity index (χ3n) is 9.29. The van der Waals surface area contributed by atoms with Crippen molar-refractivity contribution in [1.29, 1.82) is 0 Å². The minimum absolute atomic E-state index is 0.0352. The Morgan fingerprint density at radius 1 is 0.938 bits per heavy atom. The zero-order valence-corrected chi connectivity index (χ0v) is 30.1. The van der Waals surface area contributed by atoms with E-state index in [4.69, 9.17) is 18.9 Å². The Labute approximate surface area is 286 Å². The Kier molecular flexibility index (Phi) is 12.8. The van der Waals surface area contributed by atoms with Crippen molar-refractivity contribution in [3.63, 3.8) is 0 Å². The largest absolute Gasteiger partial charge is 0.493 e. The standard InChI is InChI=1S/C38H55N3O7/c1-26(2)41(36(43)30-16-17-33(46-8)34(21-30)47-19-11-18-45-7)25-32-24-40(37(44)48-38(3,4)5)23-31(32)22-39(6)35(42)29-15-14-27-12-9-10-13-28(27)20-29/h9-10,12-13,16-17,21,26,29,31-32H,11,14-15,18-20,22-25H2,1-8H3/t29-,31+,32-/m0/s1. The number of hydrogen-bond acceptors (Lipinski definition) is 7. The van der Waals surface area contributed by atoms with E-state index in [0.29, 0.717) is 62.9 Å². The van der Waals surface area contributed by atoms with Gasteiger partial charge in [0.25, 0.3) is 5.91 Å². The van der Waals surface area contributed by atoms with E-state index in [2.05, 4.69) is 18.2 Å². The van der Waals surface area contributed by atoms with Crippen LogP contribution < -0.4 is 9.47 Å². The molecule has 2 aromatic carbocycles. The maximum Gasteiger partial charge on any atom is 0.410 e. The van der Waals surface area contributed by atoms with Gasteiger partial charge in [0.1, 0.15) is 5.60 Å². The number of amides is 3. The molecule has 10 nitrogen and oxygen atoms in total. The number of carbonyl (C=O) groups excluding carboxylic acids is 3. The molecule has 264 valence electrons. The van der Waals surface area contributed by atoms with E-state index in [-0.39, 0.29) is 41.7 Å². The van der Waals surface area contributed by atoms with Gasteiger partial charge < -0.3 is 33.6 Å². The van der Waals surface area contributed by atoms with Crippen molar-refractivity contribution < 1.29 is 33.3 Å². The number of nitrogens with zero attached hydrogens (tertiary/aromatic N) is 3. The molecule has 2 aromatic rings. The van der Waals surface area contributed by atoms with Crippen LogP contribution in [0.25, 0.3) is 0 Å². The first-order chi connectivity index (χ1) is 22.8. The minimum atomic E-state index is -0.633. The van der Waals surface area contributed by atoms with Crippen LogP contribution in [0.5, 0.6) is 11.5 Å². The fourth-order valence-corrected chi connectivity index (χ4v) is 6.74. The summed E-state index contributed by atoms with van der Waals surface area (Å²) in [5.41, 5.74) is 2.44. The van der Waals surface area contributed by atoms with Crippen LogP contribution in [0.2, 0.25) is 0 Å². The summed E-state index contributed by atoms with van der Waals surface area (Å²) in [6, 6.07) is 13.5. The molecule has 0 spiro atoms. The van der Waals surface area contributed by atoms with Gasteiger partial charge in [-0.25, -0.2) is 4.79 Å². The molecular weight excluding hydrogens is 610 g/mol. The van der Waals surface area contributed by atoms with Crippen LogP contribution in [-0.4, -0.2) is 105 Å². The van der Waals surface area contributed by atoms with Gasteiger partial charge in [-0.05, 0) is 83.2 Å². The number of aryl methyl sites for hydroxylation is 1. The molecule has 0 aromatic heterocycles. The highest BCUT2D eigenvalue weighted by Crippen LogP contribution is 2.32. The first-order valence-corrected chi connectivity index (χ1v) is 17.2. The summed E-state index contributed by atoms with van der Waals surface area (Å²) in [4.78, 5) is 46.5. The van der Waals surface area contributed by atoms with Crippen molar-refractivity contribution in [1.82, 2.24) is 14.7 Å². The summed E-state index contributed by atoms with van der Waals surface area (Å²) in [6.45, 7) is 12.4. The molecule has 0 radical (unpaired) electrons. The average molecular weight is 666 g/mol. The lowest BCUT2D eigenvalue weighted by Crippen LogP contribution is -2.44. The first-order valence-electron chi connectivity index (χ1n) is 17.2. The third kappa shape index (κ3) is 9.65. The van der Waals surface area contributed by atoms with E-state index < -0.39 is 5.60 Å². The molecule has 1 fully saturated rings. The molecule has 1 aliphatic carbocycles. The fourth-order valence-electron chi connectivity index (χ4n) is 6.74. The van der Waals surface area contributed by atoms with Gasteiger partial charge in [0.2, 0.25) is 5.91 Å². The number of likely N-dealkylation sites (tertiary alicyclic amines) is 1. The van der Waals surface area contributed by atoms with E-state index in [9.17, 15) is 14.4 Å². The summed E-state index contributed by atoms with van der Waals surface area (Å²) in [5, 5.41) is 0. The van der Waals surface area contributed by atoms with Crippen LogP contribution >= 0.6 is 0 Å². The lowest BCUT2D eigenvalue weighted by atomic mass is 9.83. The predicted molar refractivity (Wildman–Crippen MR) is 186 cm³/mol. The monoisotopic (exact) mass is 665 g/mol. The fraction of sp³-hybridized carbons (Fsp3) is 0.605. The van der Waals surface area contributed by atoms with Crippen molar-refractivity contribution in [2.45, 2.75) is 71.9 Å². The zero-order chi connectivity index (χ0) is 35.0. The van der Waals surface area contributed by atoms with Gasteiger partial charge in [-0.3, -0.25) is 9.59 Å². The first kappa shape index (κ1) is 37.0. The SMILES string of the molecule is COCCCOc1cc(C(=O)N(C[C@@H]2CN(C(=O)OC(C)(C)C)C[C@H]2CN(C)C(=O)[C@H]2CCc3ccccc3C2)C(C)C)ccc1OC. The molecule has 4 rings (SSSR count). The van der Waals surface area contributed by atoms with Gasteiger partial charge in [-0.15, -0.1) is 0 Å². The topological polar surface area (TPSA) is 97.9 Å². The average Bonchev–Trinajstić information content (AvgIpc) is 3.45. The molecule has 0 bridgehead atoms. The molecule has 3 amide bonds. The Morgan fingerprint density at radius 3 is 2.27 bits per heavy atom. The minimum Gasteiger partial charge on any atom is -0.493 e. The van der Waals surface area contributed by atoms with E-state index in [0.717, 1.165) is 19.3 Å². The molecule has 2 aliphatic rings. The second kappa shape index (κ2) is 16.5. The van der Waals surface area contributed by atoms with Crippen LogP contribution in [0.4, 0.5) is 4.79 Å². The Morgan fingerprint density at radius 2 is 1.62 bits per heavy atom. The number of benzene rings is 2. The highest BCUT2D eigenvalue weighted by molar-refractivity contribution is 5.95. The number of methoxy groups -OCH3 is 2. The normalized spacial score (nSPS) is 19.1. The smallest absolute Gasteiger partial charge is 0.410 e. The van der Waals surface area contributed by atoms with Gasteiger partial charge in [0.05, 0.1) is 13.7 Å². The number of hydrogen-bond donors (Lipinski definition) is 0. The quantitative estimate of drug-likeness (QED) is 0.253. The third-order valence-corrected chi connectivity index (χ3v) is 9.29. The Hall–Kier alpha value is -3.79. The van der Waals surface area contributed by atoms with E-state index in [1.54, 1.807) is 37.3 Å². The molecule has 1 heterocycles. The molecule has 1 aliphatic heterocycles. The Balaban J connectivity index is 1.52. The lowest BCUT2D eigenvalue weighted by Gasteiger charge is -2.34. The van der Waals surface area contributed by atoms with E-state index in [1.807, 2.05) is 57.5 Å². The molecule has 0 N–H and O–H groups in total. The molecule has 10 heteroatoms. The second-order valence-electron chi connectivity index (χ2n) is 14.4. The van der Waals surface area contributed by atoms with Gasteiger partial charge in [0, 0.05) is 82.7 Å². The number of rotatable bonds is 13. The summed E-state index contributed by atoms with van der Waals surface area (Å²) >= 11 is 0. The summed E-state index contributed by atoms with van der Waals surface area (Å²) in [6.07, 6.45) is 2.80. The van der Waals surface area contributed by atoms with E-state index >= 15 is 0 Å². The maximum atomic E-state index is 14.1. The van der Waals surface area contributed by atoms with Crippen molar-refractivity contribution in [3.8, 4) is 11.5 Å². The van der Waals surface area contributed by atoms with E-state index in [1.165, 1.54) is 11.1 Å². The molecule has 0 saturated carbocycles. The highest BCUT2D eigenvalue weighted by Gasteiger charge is 2.40. The molecule has 1 saturated heterocycles. The van der Waals surface area contributed by atoms with Crippen LogP contribution in [0.1, 0.15) is 68.9 Å². The van der Waals surface area contributed by atoms with Crippen molar-refractivity contribution >= 4 is 17.9 Å². The van der Waals surface area contributed by atoms with Gasteiger partial charge >= 0.3 is 6.09 Å². The van der Waals surface area contributed by atoms with Crippen LogP contribution in [0.15, 0.2) is 42.5 Å². The molecule has 0 unspecified atom stereocenters. The summed E-state index contributed by atoms with van der Waals surface area (Å²) in [7, 11) is 5.09. The van der Waals surface area contributed by atoms with Gasteiger partial charge in [-0.2, -0.15) is 0 Å². The zero-order valence-electron chi connectivity index (χ0n) is 30.1. The second-order valence-corrected chi connectivity index (χ2v) is 14.4. The van der Waals surface area contributed by atoms with Gasteiger partial charge in [0.15, 0.2) is 11.5 Å². The van der Waals surface area contributed by atoms with Crippen LogP contribution in [-0.2, 0) is 27.1 Å². The number of ether oxygens (including phenoxy) is 4. The Bertz CT molecular complexity index is 1400. The van der Waals surface area contributed by atoms with Crippen molar-refractivity contribution in [2.75, 3.05) is 60.7 Å². The lowest BCUT2D eigenvalue weighted by molar-refractivity contribution is -0.135. The predicted octanol–water partition coefficient (Wildman–Crippen LogP) is 5.71. The van der Waals surface area contributed by atoms with Crippen LogP contribution in [0, 0.1) is 17.8 Å². The molecule has 48 heavy (non-hydrogen) atoms. The molecule has 3 atom stereocenters. The van der Waals surface area contributed by atoms with Crippen molar-refractivity contribution in [2.24, 2.45) is 17.8 Å². The highest BCUT2D eigenvalue weighted by atomic mass is 16.6. The number of carbonyl (C=O) groups is 3. The van der Waals surface area contributed by atoms with Crippen LogP contribution in [0.3, 0.4) is 0 Å².